The molecule has 5 nitrogen and oxygen atoms in total. The number of hydrogen-bond donors (Lipinski definition) is 1. The Kier molecular flexibility index (Phi) is 4.94. The fraction of sp³-hybridized carbons (Fsp3) is 0.0909. The van der Waals surface area contributed by atoms with Crippen LogP contribution in [0.1, 0.15) is 5.56 Å². The molecule has 0 unspecified atom stereocenters. The summed E-state index contributed by atoms with van der Waals surface area (Å²) in [6.45, 7) is 0.357. The molecule has 0 saturated carbocycles. The summed E-state index contributed by atoms with van der Waals surface area (Å²) in [6, 6.07) is 27.4. The van der Waals surface area contributed by atoms with E-state index in [0.717, 1.165) is 22.3 Å². The van der Waals surface area contributed by atoms with Gasteiger partial charge in [0.1, 0.15) is 6.61 Å². The summed E-state index contributed by atoms with van der Waals surface area (Å²) < 4.78 is 7.46. The number of carbonyl (C=O) groups excluding carboxylic acids is 1. The molecule has 5 heteroatoms. The Labute approximate surface area is 157 Å². The zero-order valence-corrected chi connectivity index (χ0v) is 14.7. The third kappa shape index (κ3) is 3.88. The molecule has 0 aliphatic carbocycles. The zero-order valence-electron chi connectivity index (χ0n) is 14.7. The van der Waals surface area contributed by atoms with E-state index in [9.17, 15) is 4.79 Å². The lowest BCUT2D eigenvalue weighted by Gasteiger charge is -2.10. The van der Waals surface area contributed by atoms with Gasteiger partial charge in [-0.2, -0.15) is 0 Å². The summed E-state index contributed by atoms with van der Waals surface area (Å²) in [4.78, 5) is 16.9. The number of hydrogen-bond acceptors (Lipinski definition) is 3. The van der Waals surface area contributed by atoms with Gasteiger partial charge in [-0.3, -0.25) is 14.7 Å². The van der Waals surface area contributed by atoms with E-state index in [1.165, 1.54) is 0 Å². The van der Waals surface area contributed by atoms with Crippen LogP contribution in [0, 0.1) is 0 Å². The van der Waals surface area contributed by atoms with Gasteiger partial charge in [-0.1, -0.05) is 60.7 Å². The van der Waals surface area contributed by atoms with Gasteiger partial charge in [0.2, 0.25) is 5.95 Å². The van der Waals surface area contributed by atoms with Gasteiger partial charge < -0.3 is 4.74 Å². The molecule has 0 spiro atoms. The lowest BCUT2D eigenvalue weighted by molar-refractivity contribution is -0.121. The molecule has 0 saturated heterocycles. The number of nitrogens with zero attached hydrogens (tertiary/aromatic N) is 2. The van der Waals surface area contributed by atoms with E-state index in [0.29, 0.717) is 12.6 Å². The minimum atomic E-state index is -0.238. The maximum absolute atomic E-state index is 12.4. The molecule has 1 aromatic heterocycles. The number of rotatable bonds is 6. The highest BCUT2D eigenvalue weighted by atomic mass is 16.5. The number of aromatic nitrogens is 2. The molecule has 0 atom stereocenters. The Morgan fingerprint density at radius 2 is 1.56 bits per heavy atom. The fourth-order valence-corrected chi connectivity index (χ4v) is 2.94. The topological polar surface area (TPSA) is 56.1 Å². The first-order valence-corrected chi connectivity index (χ1v) is 8.76. The molecule has 4 rings (SSSR count). The van der Waals surface area contributed by atoms with Crippen LogP contribution >= 0.6 is 0 Å². The Morgan fingerprint density at radius 1 is 0.889 bits per heavy atom. The third-order valence-corrected chi connectivity index (χ3v) is 4.17. The number of anilines is 1. The first-order chi connectivity index (χ1) is 13.3. The third-order valence-electron chi connectivity index (χ3n) is 4.17. The lowest BCUT2D eigenvalue weighted by atomic mass is 10.2. The van der Waals surface area contributed by atoms with Crippen LogP contribution in [0.4, 0.5) is 5.95 Å². The van der Waals surface area contributed by atoms with Crippen molar-refractivity contribution in [2.45, 2.75) is 6.61 Å². The molecule has 0 fully saturated rings. The summed E-state index contributed by atoms with van der Waals surface area (Å²) in [5.74, 6) is 0.245. The predicted octanol–water partition coefficient (Wildman–Crippen LogP) is 4.18. The van der Waals surface area contributed by atoms with Crippen molar-refractivity contribution in [2.24, 2.45) is 0 Å². The van der Waals surface area contributed by atoms with Crippen LogP contribution in [0.15, 0.2) is 84.9 Å². The SMILES string of the molecule is O=C(COCc1ccccc1)Nc1nc2ccccc2n1-c1ccccc1. The number of imidazole rings is 1. The predicted molar refractivity (Wildman–Crippen MR) is 106 cm³/mol. The first-order valence-electron chi connectivity index (χ1n) is 8.76. The molecular weight excluding hydrogens is 338 g/mol. The van der Waals surface area contributed by atoms with Crippen molar-refractivity contribution in [3.05, 3.63) is 90.5 Å². The maximum Gasteiger partial charge on any atom is 0.252 e. The minimum Gasteiger partial charge on any atom is -0.367 e. The van der Waals surface area contributed by atoms with Crippen LogP contribution in [-0.4, -0.2) is 22.1 Å². The molecule has 0 aliphatic heterocycles. The van der Waals surface area contributed by atoms with E-state index < -0.39 is 0 Å². The van der Waals surface area contributed by atoms with Crippen molar-refractivity contribution in [2.75, 3.05) is 11.9 Å². The second kappa shape index (κ2) is 7.85. The number of carbonyl (C=O) groups is 1. The van der Waals surface area contributed by atoms with Crippen molar-refractivity contribution < 1.29 is 9.53 Å². The van der Waals surface area contributed by atoms with Crippen LogP contribution in [0.5, 0.6) is 0 Å². The van der Waals surface area contributed by atoms with E-state index in [1.54, 1.807) is 0 Å². The number of para-hydroxylation sites is 3. The normalized spacial score (nSPS) is 10.8. The number of benzene rings is 3. The zero-order chi connectivity index (χ0) is 18.5. The highest BCUT2D eigenvalue weighted by molar-refractivity contribution is 5.93. The van der Waals surface area contributed by atoms with E-state index in [4.69, 9.17) is 4.74 Å². The average molecular weight is 357 g/mol. The number of nitrogens with one attached hydrogen (secondary N) is 1. The van der Waals surface area contributed by atoms with Crippen LogP contribution in [0.3, 0.4) is 0 Å². The van der Waals surface area contributed by atoms with Crippen LogP contribution in [0.25, 0.3) is 16.7 Å². The Morgan fingerprint density at radius 3 is 2.33 bits per heavy atom. The molecule has 1 amide bonds. The Hall–Kier alpha value is -3.44. The fourth-order valence-electron chi connectivity index (χ4n) is 2.94. The van der Waals surface area contributed by atoms with E-state index in [2.05, 4.69) is 10.3 Å². The van der Waals surface area contributed by atoms with Crippen molar-refractivity contribution >= 4 is 22.9 Å². The Balaban J connectivity index is 1.52. The summed E-state index contributed by atoms with van der Waals surface area (Å²) in [6.07, 6.45) is 0. The van der Waals surface area contributed by atoms with E-state index >= 15 is 0 Å². The largest absolute Gasteiger partial charge is 0.367 e. The number of fused-ring (bicyclic) bond motifs is 1. The molecule has 27 heavy (non-hydrogen) atoms. The highest BCUT2D eigenvalue weighted by Crippen LogP contribution is 2.24. The molecular formula is C22H19N3O2. The summed E-state index contributed by atoms with van der Waals surface area (Å²) in [7, 11) is 0. The first kappa shape index (κ1) is 17.0. The van der Waals surface area contributed by atoms with Gasteiger partial charge in [-0.25, -0.2) is 4.98 Å². The smallest absolute Gasteiger partial charge is 0.252 e. The van der Waals surface area contributed by atoms with Gasteiger partial charge in [0, 0.05) is 5.69 Å². The summed E-state index contributed by atoms with van der Waals surface area (Å²) in [5.41, 5.74) is 3.72. The molecule has 1 heterocycles. The van der Waals surface area contributed by atoms with Gasteiger partial charge in [0.05, 0.1) is 17.6 Å². The van der Waals surface area contributed by atoms with Crippen molar-refractivity contribution in [3.8, 4) is 5.69 Å². The summed E-state index contributed by atoms with van der Waals surface area (Å²) in [5, 5.41) is 2.87. The van der Waals surface area contributed by atoms with Crippen LogP contribution in [-0.2, 0) is 16.1 Å². The van der Waals surface area contributed by atoms with Crippen molar-refractivity contribution in [3.63, 3.8) is 0 Å². The molecule has 3 aromatic carbocycles. The van der Waals surface area contributed by atoms with E-state index in [1.807, 2.05) is 89.5 Å². The summed E-state index contributed by atoms with van der Waals surface area (Å²) >= 11 is 0. The quantitative estimate of drug-likeness (QED) is 0.563. The van der Waals surface area contributed by atoms with E-state index in [-0.39, 0.29) is 12.5 Å². The molecule has 0 aliphatic rings. The second-order valence-electron chi connectivity index (χ2n) is 6.12. The van der Waals surface area contributed by atoms with Gasteiger partial charge in [-0.15, -0.1) is 0 Å². The van der Waals surface area contributed by atoms with Crippen LogP contribution < -0.4 is 5.32 Å². The number of amides is 1. The van der Waals surface area contributed by atoms with Crippen molar-refractivity contribution in [1.82, 2.24) is 9.55 Å². The van der Waals surface area contributed by atoms with Crippen LogP contribution in [0.2, 0.25) is 0 Å². The molecule has 4 aromatic rings. The average Bonchev–Trinajstić information content (AvgIpc) is 3.07. The molecule has 0 radical (unpaired) electrons. The number of ether oxygens (including phenoxy) is 1. The van der Waals surface area contributed by atoms with Gasteiger partial charge >= 0.3 is 0 Å². The monoisotopic (exact) mass is 357 g/mol. The second-order valence-corrected chi connectivity index (χ2v) is 6.12. The molecule has 134 valence electrons. The standard InChI is InChI=1S/C22H19N3O2/c26-21(16-27-15-17-9-3-1-4-10-17)24-22-23-19-13-7-8-14-20(19)25(22)18-11-5-2-6-12-18/h1-14H,15-16H2,(H,23,24,26). The Bertz CT molecular complexity index is 1040. The molecule has 1 N–H and O–H groups in total. The lowest BCUT2D eigenvalue weighted by Crippen LogP contribution is -2.20. The molecule has 0 bridgehead atoms. The van der Waals surface area contributed by atoms with Crippen molar-refractivity contribution in [1.29, 1.82) is 0 Å². The van der Waals surface area contributed by atoms with Gasteiger partial charge in [0.25, 0.3) is 5.91 Å². The van der Waals surface area contributed by atoms with Gasteiger partial charge in [-0.05, 0) is 29.8 Å². The minimum absolute atomic E-state index is 0.0348. The highest BCUT2D eigenvalue weighted by Gasteiger charge is 2.14. The van der Waals surface area contributed by atoms with Gasteiger partial charge in [0.15, 0.2) is 0 Å². The maximum atomic E-state index is 12.4.